The Morgan fingerprint density at radius 2 is 0.878 bits per heavy atom. The monoisotopic (exact) mass is 1070 g/mol. The maximum atomic E-state index is 11.1. The van der Waals surface area contributed by atoms with Gasteiger partial charge >= 0.3 is 5.97 Å². The quantitative estimate of drug-likeness (QED) is 0.0282. The molecule has 438 valence electrons. The number of ether oxygens (including phenoxy) is 15. The number of esters is 1. The van der Waals surface area contributed by atoms with E-state index >= 15 is 0 Å². The fraction of sp³-hybridized carbons (Fsp3) is 0.821. The van der Waals surface area contributed by atoms with E-state index in [2.05, 4.69) is 45.9 Å². The van der Waals surface area contributed by atoms with Crippen molar-refractivity contribution >= 4 is 12.4 Å². The summed E-state index contributed by atoms with van der Waals surface area (Å²) >= 11 is 0. The highest BCUT2D eigenvalue weighted by atomic mass is 16.6. The lowest BCUT2D eigenvalue weighted by Crippen LogP contribution is -2.23. The number of carbonyl (C=O) groups excluding carboxylic acids is 2. The van der Waals surface area contributed by atoms with Crippen LogP contribution in [0.5, 0.6) is 5.75 Å². The van der Waals surface area contributed by atoms with E-state index in [0.29, 0.717) is 105 Å². The van der Waals surface area contributed by atoms with Crippen molar-refractivity contribution in [3.8, 4) is 5.75 Å². The average molecular weight is 1070 g/mol. The molecule has 0 aliphatic rings. The van der Waals surface area contributed by atoms with Crippen LogP contribution in [0.3, 0.4) is 0 Å². The number of hydrogen-bond donors (Lipinski definition) is 1. The third-order valence-electron chi connectivity index (χ3n) is 10.6. The molecule has 74 heavy (non-hydrogen) atoms. The summed E-state index contributed by atoms with van der Waals surface area (Å²) in [6.07, 6.45) is 8.46. The third kappa shape index (κ3) is 52.6. The van der Waals surface area contributed by atoms with Gasteiger partial charge in [-0.1, -0.05) is 52.5 Å². The van der Waals surface area contributed by atoms with Gasteiger partial charge in [0, 0.05) is 33.5 Å². The second-order valence-corrected chi connectivity index (χ2v) is 17.2. The molecule has 0 fully saturated rings. The normalized spacial score (nSPS) is 14.2. The molecule has 18 nitrogen and oxygen atoms in total. The molecule has 0 heterocycles. The summed E-state index contributed by atoms with van der Waals surface area (Å²) in [6, 6.07) is 9.78. The Balaban J connectivity index is -0.000000912. The fourth-order valence-electron chi connectivity index (χ4n) is 6.51. The summed E-state index contributed by atoms with van der Waals surface area (Å²) < 4.78 is 80.1. The first-order chi connectivity index (χ1) is 35.7. The average Bonchev–Trinajstić information content (AvgIpc) is 3.40. The molecule has 0 bridgehead atoms. The molecular weight excluding hydrogens is 961 g/mol. The largest absolute Gasteiger partial charge is 0.491 e. The Morgan fingerprint density at radius 3 is 1.23 bits per heavy atom. The van der Waals surface area contributed by atoms with Gasteiger partial charge in [0.25, 0.3) is 6.47 Å². The molecule has 0 spiro atoms. The van der Waals surface area contributed by atoms with Gasteiger partial charge in [0.15, 0.2) is 0 Å². The minimum absolute atomic E-state index is 0.0205. The molecule has 0 aromatic heterocycles. The molecule has 0 aliphatic heterocycles. The second-order valence-electron chi connectivity index (χ2n) is 17.2. The Labute approximate surface area is 448 Å². The number of para-hydroxylation sites is 1. The zero-order chi connectivity index (χ0) is 55.9. The molecule has 0 aliphatic carbocycles. The van der Waals surface area contributed by atoms with Crippen LogP contribution in [0.2, 0.25) is 0 Å². The van der Waals surface area contributed by atoms with Crippen LogP contribution in [0, 0.1) is 0 Å². The predicted molar refractivity (Wildman–Crippen MR) is 289 cm³/mol. The maximum Gasteiger partial charge on any atom is 0.333 e. The van der Waals surface area contributed by atoms with E-state index in [1.165, 1.54) is 0 Å². The smallest absolute Gasteiger partial charge is 0.333 e. The van der Waals surface area contributed by atoms with Crippen molar-refractivity contribution in [2.45, 2.75) is 169 Å². The maximum absolute atomic E-state index is 11.1. The van der Waals surface area contributed by atoms with Gasteiger partial charge in [-0.2, -0.15) is 0 Å². The van der Waals surface area contributed by atoms with E-state index in [4.69, 9.17) is 71.4 Å². The van der Waals surface area contributed by atoms with Crippen LogP contribution in [0.15, 0.2) is 42.5 Å². The number of aliphatic hydroxyl groups is 1. The van der Waals surface area contributed by atoms with Crippen LogP contribution in [0.4, 0.5) is 0 Å². The van der Waals surface area contributed by atoms with Gasteiger partial charge in [-0.15, -0.1) is 0 Å². The van der Waals surface area contributed by atoms with E-state index in [9.17, 15) is 9.59 Å². The SMILES string of the molecule is C=C(C)C(=O)OCCOC(C)CC(CC)OCCO.CCC(CC(C)OCCOC=O)OCCOC.CCC(CC(C)OCCOc1ccccc1)OCCOC.CCOCCOC(C)CC(CC)OCCOC. The summed E-state index contributed by atoms with van der Waals surface area (Å²) in [7, 11) is 5.02. The Hall–Kier alpha value is -2.82. The minimum atomic E-state index is -0.394. The molecule has 1 N–H and O–H groups in total. The lowest BCUT2D eigenvalue weighted by Gasteiger charge is -2.20. The topological polar surface area (TPSA) is 193 Å². The molecule has 1 aromatic carbocycles. The lowest BCUT2D eigenvalue weighted by molar-refractivity contribution is -0.141. The molecule has 8 unspecified atom stereocenters. The van der Waals surface area contributed by atoms with Gasteiger partial charge < -0.3 is 76.2 Å². The minimum Gasteiger partial charge on any atom is -0.491 e. The number of methoxy groups -OCH3 is 3. The van der Waals surface area contributed by atoms with Crippen molar-refractivity contribution < 1.29 is 85.7 Å². The van der Waals surface area contributed by atoms with Gasteiger partial charge in [-0.05, 0) is 105 Å². The van der Waals surface area contributed by atoms with Crippen molar-refractivity contribution in [2.24, 2.45) is 0 Å². The molecule has 0 saturated heterocycles. The van der Waals surface area contributed by atoms with Crippen molar-refractivity contribution in [3.05, 3.63) is 42.5 Å². The Kier molecular flexibility index (Phi) is 59.0. The van der Waals surface area contributed by atoms with E-state index in [0.717, 1.165) is 63.7 Å². The first kappa shape index (κ1) is 75.4. The first-order valence-corrected chi connectivity index (χ1v) is 26.9. The number of benzene rings is 1. The number of rotatable bonds is 47. The molecular formula is C56H106O18. The molecule has 0 amide bonds. The fourth-order valence-corrected chi connectivity index (χ4v) is 6.51. The highest BCUT2D eigenvalue weighted by molar-refractivity contribution is 5.86. The number of hydrogen-bond acceptors (Lipinski definition) is 18. The lowest BCUT2D eigenvalue weighted by atomic mass is 10.1. The van der Waals surface area contributed by atoms with Crippen LogP contribution in [-0.2, 0) is 75.9 Å². The van der Waals surface area contributed by atoms with Gasteiger partial charge in [0.1, 0.15) is 25.6 Å². The van der Waals surface area contributed by atoms with Gasteiger partial charge in [0.2, 0.25) is 0 Å². The molecule has 1 rings (SSSR count). The summed E-state index contributed by atoms with van der Waals surface area (Å²) in [5.74, 6) is 0.483. The van der Waals surface area contributed by atoms with Gasteiger partial charge in [-0.25, -0.2) is 4.79 Å². The van der Waals surface area contributed by atoms with Crippen molar-refractivity contribution in [1.29, 1.82) is 0 Å². The summed E-state index contributed by atoms with van der Waals surface area (Å²) in [4.78, 5) is 21.0. The summed E-state index contributed by atoms with van der Waals surface area (Å²) in [6.45, 7) is 32.7. The zero-order valence-electron chi connectivity index (χ0n) is 48.4. The van der Waals surface area contributed by atoms with E-state index < -0.39 is 5.97 Å². The van der Waals surface area contributed by atoms with Crippen LogP contribution in [0.1, 0.15) is 121 Å². The standard InChI is InChI=1S/C17H28O4.C14H26O5.C13H28O4.C12H24O5/c1-4-16(20-11-10-18-3)14-15(2)19-12-13-21-17-8-6-5-7-9-17;1-5-13(18-7-6-15)10-12(4)17-8-9-19-14(16)11(2)3;1-5-13(17-9-7-14-4)11-12(3)16-10-8-15-6-2;1-4-12(17-7-5-14-3)9-11(2)16-8-6-15-10-13/h5-9,15-16H,4,10-14H2,1-3H3;12-13,15H,2,5-10H2,1,3-4H3;12-13H,5-11H2,1-4H3;10-12H,4-9H2,1-3H3. The summed E-state index contributed by atoms with van der Waals surface area (Å²) in [5, 5.41) is 8.70. The zero-order valence-corrected chi connectivity index (χ0v) is 48.4. The third-order valence-corrected chi connectivity index (χ3v) is 10.6. The first-order valence-electron chi connectivity index (χ1n) is 26.9. The predicted octanol–water partition coefficient (Wildman–Crippen LogP) is 8.65. The molecule has 18 heteroatoms. The van der Waals surface area contributed by atoms with Crippen LogP contribution < -0.4 is 4.74 Å². The van der Waals surface area contributed by atoms with Crippen LogP contribution in [-0.4, -0.2) is 200 Å². The van der Waals surface area contributed by atoms with E-state index in [-0.39, 0.29) is 62.0 Å². The molecule has 0 radical (unpaired) electrons. The summed E-state index contributed by atoms with van der Waals surface area (Å²) in [5.41, 5.74) is 0.386. The Bertz CT molecular complexity index is 1310. The van der Waals surface area contributed by atoms with Crippen molar-refractivity contribution in [2.75, 3.05) is 134 Å². The molecule has 8 atom stereocenters. The Morgan fingerprint density at radius 1 is 0.514 bits per heavy atom. The highest BCUT2D eigenvalue weighted by Crippen LogP contribution is 2.14. The second kappa shape index (κ2) is 57.9. The highest BCUT2D eigenvalue weighted by Gasteiger charge is 2.16. The molecule has 0 saturated carbocycles. The molecule has 1 aromatic rings. The van der Waals surface area contributed by atoms with Gasteiger partial charge in [-0.3, -0.25) is 4.79 Å². The van der Waals surface area contributed by atoms with Crippen LogP contribution >= 0.6 is 0 Å². The van der Waals surface area contributed by atoms with E-state index in [1.54, 1.807) is 28.3 Å². The van der Waals surface area contributed by atoms with Crippen molar-refractivity contribution in [1.82, 2.24) is 0 Å². The van der Waals surface area contributed by atoms with Crippen molar-refractivity contribution in [3.63, 3.8) is 0 Å². The number of carbonyl (C=O) groups is 2. The van der Waals surface area contributed by atoms with Gasteiger partial charge in [0.05, 0.1) is 135 Å². The number of aliphatic hydroxyl groups excluding tert-OH is 1. The van der Waals surface area contributed by atoms with E-state index in [1.807, 2.05) is 58.0 Å². The van der Waals surface area contributed by atoms with Crippen LogP contribution in [0.25, 0.3) is 0 Å².